The SMILES string of the molecule is C[n+]1c(/C=C2\Sc3cc(Cl)ccc3N2CCCS(=O)(=O)[O-])sc2ccccc21. The minimum absolute atomic E-state index is 0.268. The second-order valence-electron chi connectivity index (χ2n) is 6.43. The number of hydrogen-bond donors (Lipinski definition) is 0. The van der Waals surface area contributed by atoms with E-state index in [4.69, 9.17) is 11.6 Å². The molecule has 0 saturated carbocycles. The van der Waals surface area contributed by atoms with E-state index < -0.39 is 10.1 Å². The molecule has 4 rings (SSSR count). The van der Waals surface area contributed by atoms with E-state index in [1.54, 1.807) is 23.1 Å². The second-order valence-corrected chi connectivity index (χ2v) is 10.5. The van der Waals surface area contributed by atoms with E-state index in [0.29, 0.717) is 11.6 Å². The van der Waals surface area contributed by atoms with Gasteiger partial charge >= 0.3 is 0 Å². The van der Waals surface area contributed by atoms with Crippen LogP contribution >= 0.6 is 34.7 Å². The van der Waals surface area contributed by atoms with Gasteiger partial charge in [0.25, 0.3) is 5.01 Å². The van der Waals surface area contributed by atoms with Crippen molar-refractivity contribution in [2.24, 2.45) is 7.05 Å². The number of nitrogens with zero attached hydrogens (tertiary/aromatic N) is 2. The van der Waals surface area contributed by atoms with Crippen LogP contribution < -0.4 is 9.47 Å². The van der Waals surface area contributed by atoms with Crippen molar-refractivity contribution >= 4 is 66.8 Å². The zero-order valence-corrected chi connectivity index (χ0v) is 18.2. The van der Waals surface area contributed by atoms with Crippen LogP contribution in [0.4, 0.5) is 5.69 Å². The minimum atomic E-state index is -4.23. The summed E-state index contributed by atoms with van der Waals surface area (Å²) < 4.78 is 36.3. The zero-order valence-electron chi connectivity index (χ0n) is 15.0. The first-order valence-electron chi connectivity index (χ1n) is 8.59. The van der Waals surface area contributed by atoms with Crippen LogP contribution in [0, 0.1) is 0 Å². The molecule has 0 radical (unpaired) electrons. The van der Waals surface area contributed by atoms with Gasteiger partial charge in [0.1, 0.15) is 11.7 Å². The lowest BCUT2D eigenvalue weighted by Crippen LogP contribution is -2.29. The molecule has 5 nitrogen and oxygen atoms in total. The Bertz CT molecular complexity index is 1190. The Kier molecular flexibility index (Phi) is 5.41. The van der Waals surface area contributed by atoms with Crippen molar-refractivity contribution in [2.45, 2.75) is 11.3 Å². The third-order valence-corrected chi connectivity index (χ3v) is 7.77. The number of thiazole rings is 1. The number of rotatable bonds is 5. The third-order valence-electron chi connectivity index (χ3n) is 4.49. The van der Waals surface area contributed by atoms with Gasteiger partial charge in [-0.3, -0.25) is 0 Å². The van der Waals surface area contributed by atoms with E-state index in [0.717, 1.165) is 26.1 Å². The highest BCUT2D eigenvalue weighted by Crippen LogP contribution is 2.47. The number of aromatic nitrogens is 1. The Morgan fingerprint density at radius 1 is 1.25 bits per heavy atom. The van der Waals surface area contributed by atoms with E-state index in [2.05, 4.69) is 27.7 Å². The van der Waals surface area contributed by atoms with Crippen molar-refractivity contribution < 1.29 is 17.5 Å². The third kappa shape index (κ3) is 4.06. The fourth-order valence-corrected chi connectivity index (χ4v) is 6.21. The minimum Gasteiger partial charge on any atom is -0.748 e. The molecule has 0 fully saturated rings. The van der Waals surface area contributed by atoms with Gasteiger partial charge in [0.2, 0.25) is 5.52 Å². The highest BCUT2D eigenvalue weighted by Gasteiger charge is 2.27. The van der Waals surface area contributed by atoms with E-state index in [9.17, 15) is 13.0 Å². The molecule has 0 aliphatic carbocycles. The average molecular weight is 453 g/mol. The van der Waals surface area contributed by atoms with Crippen molar-refractivity contribution in [1.82, 2.24) is 0 Å². The van der Waals surface area contributed by atoms with Crippen LogP contribution in [0.1, 0.15) is 11.4 Å². The highest BCUT2D eigenvalue weighted by molar-refractivity contribution is 8.04. The van der Waals surface area contributed by atoms with Crippen LogP contribution in [0.2, 0.25) is 5.02 Å². The molecule has 1 aromatic heterocycles. The first kappa shape index (κ1) is 19.7. The van der Waals surface area contributed by atoms with Gasteiger partial charge in [-0.25, -0.2) is 8.42 Å². The van der Waals surface area contributed by atoms with Gasteiger partial charge in [0.05, 0.1) is 26.9 Å². The van der Waals surface area contributed by atoms with Gasteiger partial charge in [0.15, 0.2) is 0 Å². The van der Waals surface area contributed by atoms with E-state index in [-0.39, 0.29) is 12.2 Å². The fraction of sp³-hybridized carbons (Fsp3) is 0.211. The molecule has 0 N–H and O–H groups in total. The lowest BCUT2D eigenvalue weighted by atomic mass is 10.3. The molecule has 0 bridgehead atoms. The van der Waals surface area contributed by atoms with Crippen molar-refractivity contribution in [2.75, 3.05) is 17.2 Å². The predicted molar refractivity (Wildman–Crippen MR) is 115 cm³/mol. The van der Waals surface area contributed by atoms with Crippen LogP contribution in [0.15, 0.2) is 52.4 Å². The smallest absolute Gasteiger partial charge is 0.265 e. The molecule has 146 valence electrons. The molecule has 0 unspecified atom stereocenters. The van der Waals surface area contributed by atoms with E-state index >= 15 is 0 Å². The summed E-state index contributed by atoms with van der Waals surface area (Å²) in [5.41, 5.74) is 2.14. The number of para-hydroxylation sites is 1. The summed E-state index contributed by atoms with van der Waals surface area (Å²) in [4.78, 5) is 3.08. The van der Waals surface area contributed by atoms with Crippen LogP contribution in [0.5, 0.6) is 0 Å². The lowest BCUT2D eigenvalue weighted by molar-refractivity contribution is -0.642. The van der Waals surface area contributed by atoms with Gasteiger partial charge in [-0.15, -0.1) is 0 Å². The molecule has 1 aliphatic heterocycles. The maximum Gasteiger partial charge on any atom is 0.265 e. The number of benzene rings is 2. The summed E-state index contributed by atoms with van der Waals surface area (Å²) in [6.07, 6.45) is 2.37. The number of fused-ring (bicyclic) bond motifs is 2. The molecule has 2 heterocycles. The topological polar surface area (TPSA) is 64.3 Å². The van der Waals surface area contributed by atoms with Gasteiger partial charge < -0.3 is 9.45 Å². The molecular weight excluding hydrogens is 436 g/mol. The number of aryl methyl sites for hydroxylation is 1. The molecule has 0 spiro atoms. The number of halogens is 1. The van der Waals surface area contributed by atoms with Crippen molar-refractivity contribution in [3.05, 3.63) is 57.5 Å². The zero-order chi connectivity index (χ0) is 19.9. The van der Waals surface area contributed by atoms with Crippen LogP contribution in [0.25, 0.3) is 16.3 Å². The molecular formula is C19H17ClN2O3S3. The Balaban J connectivity index is 1.71. The maximum absolute atomic E-state index is 11.0. The summed E-state index contributed by atoms with van der Waals surface area (Å²) in [5.74, 6) is -0.374. The van der Waals surface area contributed by atoms with Crippen molar-refractivity contribution in [3.8, 4) is 0 Å². The molecule has 28 heavy (non-hydrogen) atoms. The average Bonchev–Trinajstić information content (AvgIpc) is 3.12. The van der Waals surface area contributed by atoms with Gasteiger partial charge in [-0.1, -0.05) is 46.8 Å². The molecule has 3 aromatic rings. The Labute approximate surface area is 177 Å². The summed E-state index contributed by atoms with van der Waals surface area (Å²) in [6.45, 7) is 0.448. The van der Waals surface area contributed by atoms with Crippen molar-refractivity contribution in [1.29, 1.82) is 0 Å². The van der Waals surface area contributed by atoms with Gasteiger partial charge in [-0.05, 0) is 30.7 Å². The van der Waals surface area contributed by atoms with Crippen LogP contribution in [-0.2, 0) is 17.2 Å². The van der Waals surface area contributed by atoms with Crippen LogP contribution in [-0.4, -0.2) is 25.3 Å². The molecule has 0 amide bonds. The number of hydrogen-bond acceptors (Lipinski definition) is 6. The Morgan fingerprint density at radius 3 is 2.79 bits per heavy atom. The molecule has 9 heteroatoms. The van der Waals surface area contributed by atoms with Gasteiger partial charge in [0, 0.05) is 28.3 Å². The largest absolute Gasteiger partial charge is 0.748 e. The molecule has 0 saturated heterocycles. The predicted octanol–water partition coefficient (Wildman–Crippen LogP) is 4.23. The van der Waals surface area contributed by atoms with Crippen molar-refractivity contribution in [3.63, 3.8) is 0 Å². The highest BCUT2D eigenvalue weighted by atomic mass is 35.5. The van der Waals surface area contributed by atoms with Gasteiger partial charge in [-0.2, -0.15) is 4.57 Å². The Hall–Kier alpha value is -1.58. The monoisotopic (exact) mass is 452 g/mol. The van der Waals surface area contributed by atoms with E-state index in [1.807, 2.05) is 37.4 Å². The lowest BCUT2D eigenvalue weighted by Gasteiger charge is -2.20. The fourth-order valence-electron chi connectivity index (χ4n) is 3.17. The standard InChI is InChI=1S/C19H17ClN2O3S3/c1-21-14-5-2-3-6-16(14)26-18(21)12-19-22(9-4-10-28(23,24)25)15-8-7-13(20)11-17(15)27-19/h2-3,5-8,11-12H,4,9-10H2,1H3. The summed E-state index contributed by atoms with van der Waals surface area (Å²) >= 11 is 9.44. The number of thioether (sulfide) groups is 1. The normalized spacial score (nSPS) is 15.5. The van der Waals surface area contributed by atoms with Crippen LogP contribution in [0.3, 0.4) is 0 Å². The maximum atomic E-state index is 11.0. The quantitative estimate of drug-likeness (QED) is 0.428. The molecule has 1 aliphatic rings. The number of anilines is 1. The summed E-state index contributed by atoms with van der Waals surface area (Å²) in [6, 6.07) is 13.9. The second kappa shape index (κ2) is 7.68. The summed E-state index contributed by atoms with van der Waals surface area (Å²) in [5, 5.41) is 2.73. The molecule has 2 aromatic carbocycles. The Morgan fingerprint density at radius 2 is 2.04 bits per heavy atom. The first-order valence-corrected chi connectivity index (χ1v) is 12.2. The molecule has 0 atom stereocenters. The first-order chi connectivity index (χ1) is 13.3. The summed E-state index contributed by atoms with van der Waals surface area (Å²) in [7, 11) is -2.20. The van der Waals surface area contributed by atoms with E-state index in [1.165, 1.54) is 4.70 Å².